The highest BCUT2D eigenvalue weighted by atomic mass is 16.3. The first kappa shape index (κ1) is 13.8. The van der Waals surface area contributed by atoms with E-state index in [-0.39, 0.29) is 6.10 Å². The van der Waals surface area contributed by atoms with Crippen LogP contribution in [0.3, 0.4) is 0 Å². The molecule has 0 fully saturated rings. The maximum Gasteiger partial charge on any atom is 0.0635 e. The van der Waals surface area contributed by atoms with E-state index in [9.17, 15) is 5.11 Å². The second-order valence-corrected chi connectivity index (χ2v) is 5.06. The summed E-state index contributed by atoms with van der Waals surface area (Å²) in [6, 6.07) is 12.4. The minimum atomic E-state index is -0.373. The lowest BCUT2D eigenvalue weighted by Gasteiger charge is -2.10. The average molecular weight is 255 g/mol. The number of pyridine rings is 1. The first-order valence-corrected chi connectivity index (χ1v) is 6.84. The third kappa shape index (κ3) is 4.18. The summed E-state index contributed by atoms with van der Waals surface area (Å²) < 4.78 is 0. The Morgan fingerprint density at radius 1 is 1.00 bits per heavy atom. The Kier molecular flexibility index (Phi) is 4.69. The van der Waals surface area contributed by atoms with Crippen LogP contribution in [-0.4, -0.2) is 16.2 Å². The molecule has 0 aliphatic carbocycles. The molecule has 0 amide bonds. The monoisotopic (exact) mass is 255 g/mol. The molecular formula is C17H21NO. The minimum Gasteiger partial charge on any atom is -0.392 e. The van der Waals surface area contributed by atoms with Crippen molar-refractivity contribution in [1.29, 1.82) is 0 Å². The molecule has 1 atom stereocenters. The fraction of sp³-hybridized carbons (Fsp3) is 0.353. The van der Waals surface area contributed by atoms with Gasteiger partial charge < -0.3 is 5.11 Å². The lowest BCUT2D eigenvalue weighted by molar-refractivity contribution is 0.174. The van der Waals surface area contributed by atoms with Gasteiger partial charge in [0, 0.05) is 18.3 Å². The van der Waals surface area contributed by atoms with Gasteiger partial charge in [0.25, 0.3) is 0 Å². The number of aromatic nitrogens is 1. The molecule has 0 saturated heterocycles. The Labute approximate surface area is 115 Å². The molecule has 2 aromatic rings. The van der Waals surface area contributed by atoms with Gasteiger partial charge in [0.05, 0.1) is 6.10 Å². The van der Waals surface area contributed by atoms with Gasteiger partial charge in [0.15, 0.2) is 0 Å². The molecule has 1 heterocycles. The van der Waals surface area contributed by atoms with Crippen molar-refractivity contribution >= 4 is 0 Å². The van der Waals surface area contributed by atoms with Crippen LogP contribution in [0.15, 0.2) is 42.6 Å². The molecule has 2 heteroatoms. The molecule has 1 aromatic carbocycles. The quantitative estimate of drug-likeness (QED) is 0.890. The summed E-state index contributed by atoms with van der Waals surface area (Å²) in [5.41, 5.74) is 4.60. The van der Waals surface area contributed by atoms with Gasteiger partial charge >= 0.3 is 0 Å². The Bertz CT molecular complexity index is 502. The number of nitrogens with zero attached hydrogens (tertiary/aromatic N) is 1. The van der Waals surface area contributed by atoms with Gasteiger partial charge in [-0.3, -0.25) is 4.98 Å². The lowest BCUT2D eigenvalue weighted by Crippen LogP contribution is -2.14. The molecule has 1 unspecified atom stereocenters. The largest absolute Gasteiger partial charge is 0.392 e. The number of aliphatic hydroxyl groups is 1. The predicted molar refractivity (Wildman–Crippen MR) is 78.2 cm³/mol. The van der Waals surface area contributed by atoms with Crippen LogP contribution in [0.2, 0.25) is 0 Å². The second kappa shape index (κ2) is 6.48. The normalized spacial score (nSPS) is 12.4. The zero-order chi connectivity index (χ0) is 13.7. The van der Waals surface area contributed by atoms with Gasteiger partial charge in [0.2, 0.25) is 0 Å². The predicted octanol–water partition coefficient (Wildman–Crippen LogP) is 3.10. The molecule has 1 N–H and O–H groups in total. The van der Waals surface area contributed by atoms with E-state index in [2.05, 4.69) is 49.2 Å². The topological polar surface area (TPSA) is 33.1 Å². The van der Waals surface area contributed by atoms with E-state index in [1.54, 1.807) is 0 Å². The second-order valence-electron chi connectivity index (χ2n) is 5.06. The molecule has 100 valence electrons. The number of hydrogen-bond acceptors (Lipinski definition) is 2. The summed E-state index contributed by atoms with van der Waals surface area (Å²) in [4.78, 5) is 4.39. The molecule has 0 bridgehead atoms. The summed E-state index contributed by atoms with van der Waals surface area (Å²) in [5.74, 6) is 0. The van der Waals surface area contributed by atoms with Crippen LogP contribution in [0.25, 0.3) is 0 Å². The molecule has 1 aromatic heterocycles. The molecule has 2 nitrogen and oxygen atoms in total. The van der Waals surface area contributed by atoms with Crippen molar-refractivity contribution < 1.29 is 5.11 Å². The fourth-order valence-electron chi connectivity index (χ4n) is 2.09. The van der Waals surface area contributed by atoms with Crippen molar-refractivity contribution in [1.82, 2.24) is 4.98 Å². The van der Waals surface area contributed by atoms with Crippen molar-refractivity contribution in [3.8, 4) is 0 Å². The van der Waals surface area contributed by atoms with Crippen LogP contribution in [0.4, 0.5) is 0 Å². The SMILES string of the molecule is CCc1ccc(CC(O)Cc2ccc(C)cc2)nc1. The Morgan fingerprint density at radius 3 is 2.26 bits per heavy atom. The number of benzene rings is 1. The van der Waals surface area contributed by atoms with E-state index < -0.39 is 0 Å². The average Bonchev–Trinajstić information content (AvgIpc) is 2.42. The van der Waals surface area contributed by atoms with E-state index in [0.29, 0.717) is 12.8 Å². The first-order valence-electron chi connectivity index (χ1n) is 6.84. The Morgan fingerprint density at radius 2 is 1.68 bits per heavy atom. The molecule has 0 radical (unpaired) electrons. The van der Waals surface area contributed by atoms with Gasteiger partial charge in [-0.05, 0) is 37.0 Å². The standard InChI is InChI=1S/C17H21NO/c1-3-14-8-9-16(18-12-14)11-17(19)10-15-6-4-13(2)5-7-15/h4-9,12,17,19H,3,10-11H2,1-2H3. The van der Waals surface area contributed by atoms with Crippen molar-refractivity contribution in [3.05, 3.63) is 65.0 Å². The van der Waals surface area contributed by atoms with Crippen LogP contribution >= 0.6 is 0 Å². The molecule has 0 aliphatic rings. The van der Waals surface area contributed by atoms with Gasteiger partial charge in [-0.15, -0.1) is 0 Å². The zero-order valence-electron chi connectivity index (χ0n) is 11.6. The Hall–Kier alpha value is -1.67. The van der Waals surface area contributed by atoms with Crippen molar-refractivity contribution in [2.45, 2.75) is 39.2 Å². The van der Waals surface area contributed by atoms with Crippen molar-refractivity contribution in [2.24, 2.45) is 0 Å². The van der Waals surface area contributed by atoms with E-state index in [1.807, 2.05) is 12.3 Å². The van der Waals surface area contributed by atoms with Gasteiger partial charge in [-0.2, -0.15) is 0 Å². The van der Waals surface area contributed by atoms with Crippen LogP contribution < -0.4 is 0 Å². The molecule has 0 saturated carbocycles. The summed E-state index contributed by atoms with van der Waals surface area (Å²) in [6.45, 7) is 4.18. The molecule has 2 rings (SSSR count). The highest BCUT2D eigenvalue weighted by Crippen LogP contribution is 2.10. The van der Waals surface area contributed by atoms with E-state index in [4.69, 9.17) is 0 Å². The molecular weight excluding hydrogens is 234 g/mol. The Balaban J connectivity index is 1.92. The van der Waals surface area contributed by atoms with Crippen molar-refractivity contribution in [2.75, 3.05) is 0 Å². The number of hydrogen-bond donors (Lipinski definition) is 1. The third-order valence-electron chi connectivity index (χ3n) is 3.33. The summed E-state index contributed by atoms with van der Waals surface area (Å²) in [5, 5.41) is 10.1. The molecule has 0 aliphatic heterocycles. The number of rotatable bonds is 5. The minimum absolute atomic E-state index is 0.373. The smallest absolute Gasteiger partial charge is 0.0635 e. The van der Waals surface area contributed by atoms with Gasteiger partial charge in [-0.1, -0.05) is 42.8 Å². The highest BCUT2D eigenvalue weighted by molar-refractivity contribution is 5.22. The fourth-order valence-corrected chi connectivity index (χ4v) is 2.09. The van der Waals surface area contributed by atoms with Crippen LogP contribution in [-0.2, 0) is 19.3 Å². The third-order valence-corrected chi connectivity index (χ3v) is 3.33. The number of aryl methyl sites for hydroxylation is 2. The van der Waals surface area contributed by atoms with Crippen LogP contribution in [0.5, 0.6) is 0 Å². The molecule has 19 heavy (non-hydrogen) atoms. The summed E-state index contributed by atoms with van der Waals surface area (Å²) in [6.07, 6.45) is 3.81. The van der Waals surface area contributed by atoms with Gasteiger partial charge in [-0.25, -0.2) is 0 Å². The van der Waals surface area contributed by atoms with E-state index in [0.717, 1.165) is 12.1 Å². The van der Waals surface area contributed by atoms with Gasteiger partial charge in [0.1, 0.15) is 0 Å². The van der Waals surface area contributed by atoms with Crippen LogP contribution in [0.1, 0.15) is 29.3 Å². The number of aliphatic hydroxyl groups excluding tert-OH is 1. The summed E-state index contributed by atoms with van der Waals surface area (Å²) in [7, 11) is 0. The molecule has 0 spiro atoms. The van der Waals surface area contributed by atoms with Crippen molar-refractivity contribution in [3.63, 3.8) is 0 Å². The zero-order valence-corrected chi connectivity index (χ0v) is 11.6. The van der Waals surface area contributed by atoms with E-state index >= 15 is 0 Å². The highest BCUT2D eigenvalue weighted by Gasteiger charge is 2.07. The van der Waals surface area contributed by atoms with Crippen LogP contribution in [0, 0.1) is 6.92 Å². The lowest BCUT2D eigenvalue weighted by atomic mass is 10.0. The summed E-state index contributed by atoms with van der Waals surface area (Å²) >= 11 is 0. The first-order chi connectivity index (χ1) is 9.17. The maximum absolute atomic E-state index is 10.1. The maximum atomic E-state index is 10.1. The van der Waals surface area contributed by atoms with E-state index in [1.165, 1.54) is 16.7 Å².